The number of aromatic nitrogens is 3. The highest BCUT2D eigenvalue weighted by Crippen LogP contribution is 2.33. The van der Waals surface area contributed by atoms with Crippen molar-refractivity contribution < 1.29 is 23.7 Å². The van der Waals surface area contributed by atoms with Gasteiger partial charge in [-0.2, -0.15) is 10.1 Å². The molecule has 0 aliphatic carbocycles. The number of piperidine rings is 1. The van der Waals surface area contributed by atoms with Crippen molar-refractivity contribution >= 4 is 36.6 Å². The van der Waals surface area contributed by atoms with E-state index in [9.17, 15) is 23.8 Å². The van der Waals surface area contributed by atoms with Crippen molar-refractivity contribution in [3.05, 3.63) is 52.7 Å². The Morgan fingerprint density at radius 3 is 2.63 bits per heavy atom. The third-order valence-electron chi connectivity index (χ3n) is 6.07. The number of nitrogens with zero attached hydrogens (tertiary/aromatic N) is 4. The molecule has 1 aliphatic heterocycles. The van der Waals surface area contributed by atoms with Gasteiger partial charge in [0.15, 0.2) is 8.38 Å². The van der Waals surface area contributed by atoms with Gasteiger partial charge in [0.05, 0.1) is 18.7 Å². The summed E-state index contributed by atoms with van der Waals surface area (Å²) in [6, 6.07) is 6.97. The van der Waals surface area contributed by atoms with Gasteiger partial charge >= 0.3 is 0 Å². The minimum atomic E-state index is -1.89. The molecule has 4 rings (SSSR count). The molecule has 1 aliphatic rings. The summed E-state index contributed by atoms with van der Waals surface area (Å²) in [6.07, 6.45) is 4.33. The number of amides is 1. The molecule has 3 N–H and O–H groups in total. The van der Waals surface area contributed by atoms with Gasteiger partial charge in [0.2, 0.25) is 11.8 Å². The van der Waals surface area contributed by atoms with Crippen LogP contribution in [0.5, 0.6) is 5.88 Å². The van der Waals surface area contributed by atoms with Crippen molar-refractivity contribution in [1.82, 2.24) is 14.8 Å². The molecule has 1 saturated heterocycles. The van der Waals surface area contributed by atoms with Crippen LogP contribution in [0.1, 0.15) is 19.3 Å². The van der Waals surface area contributed by atoms with Gasteiger partial charge in [0.25, 0.3) is 5.56 Å². The molecule has 12 heteroatoms. The Balaban J connectivity index is 1.58. The molecule has 0 bridgehead atoms. The molecule has 3 heterocycles. The third kappa shape index (κ3) is 6.11. The highest BCUT2D eigenvalue weighted by Gasteiger charge is 2.24. The van der Waals surface area contributed by atoms with Crippen LogP contribution in [-0.4, -0.2) is 56.8 Å². The van der Waals surface area contributed by atoms with Crippen molar-refractivity contribution in [3.8, 4) is 5.88 Å². The lowest BCUT2D eigenvalue weighted by Crippen LogP contribution is -2.36. The number of hydrogen-bond acceptors (Lipinski definition) is 8. The Hall–Kier alpha value is -3.14. The monoisotopic (exact) mass is 503 g/mol. The maximum absolute atomic E-state index is 13.4. The second-order valence-electron chi connectivity index (χ2n) is 8.43. The van der Waals surface area contributed by atoms with E-state index in [1.54, 1.807) is 6.07 Å². The van der Waals surface area contributed by atoms with Gasteiger partial charge in [-0.3, -0.25) is 9.59 Å². The lowest BCUT2D eigenvalue weighted by atomic mass is 9.94. The number of methoxy groups -OCH3 is 1. The maximum atomic E-state index is 13.4. The molecule has 0 atom stereocenters. The fraction of sp³-hybridized carbons (Fsp3) is 0.391. The maximum Gasteiger partial charge on any atom is 0.278 e. The average molecular weight is 503 g/mol. The van der Waals surface area contributed by atoms with Crippen LogP contribution in [0.25, 0.3) is 10.8 Å². The Kier molecular flexibility index (Phi) is 7.90. The van der Waals surface area contributed by atoms with Gasteiger partial charge < -0.3 is 24.7 Å². The number of hydrogen-bond donors (Lipinski definition) is 3. The van der Waals surface area contributed by atoms with Gasteiger partial charge in [-0.05, 0) is 49.4 Å². The van der Waals surface area contributed by atoms with Gasteiger partial charge in [0.1, 0.15) is 18.2 Å². The van der Waals surface area contributed by atoms with E-state index in [1.807, 2.05) is 4.90 Å². The standard InChI is InChI=1S/C23H27FN5O5P/c1-34-20-12-16-13-25-29(14-19(30)26-18-4-2-17(24)3-5-18)23(31)21(16)22(27-20)28-9-6-15(7-10-28)8-11-35(32)33/h2-5,12-13,15,32-33H,6-11,14H2,1H3,(H,26,30). The number of rotatable bonds is 8. The molecule has 1 fully saturated rings. The van der Waals surface area contributed by atoms with E-state index >= 15 is 0 Å². The summed E-state index contributed by atoms with van der Waals surface area (Å²) in [5.41, 5.74) is -0.0367. The zero-order valence-corrected chi connectivity index (χ0v) is 20.1. The highest BCUT2D eigenvalue weighted by molar-refractivity contribution is 7.45. The first-order valence-electron chi connectivity index (χ1n) is 11.2. The Morgan fingerprint density at radius 1 is 1.26 bits per heavy atom. The zero-order valence-electron chi connectivity index (χ0n) is 19.2. The van der Waals surface area contributed by atoms with Crippen LogP contribution in [0.15, 0.2) is 41.3 Å². The largest absolute Gasteiger partial charge is 0.481 e. The van der Waals surface area contributed by atoms with E-state index in [2.05, 4.69) is 15.4 Å². The molecule has 186 valence electrons. The lowest BCUT2D eigenvalue weighted by Gasteiger charge is -2.33. The predicted octanol–water partition coefficient (Wildman–Crippen LogP) is 2.48. The van der Waals surface area contributed by atoms with E-state index in [0.717, 1.165) is 23.9 Å². The molecule has 0 spiro atoms. The Labute approximate surface area is 202 Å². The van der Waals surface area contributed by atoms with Crippen molar-refractivity contribution in [2.45, 2.75) is 25.8 Å². The second kappa shape index (κ2) is 11.1. The molecule has 2 aromatic heterocycles. The van der Waals surface area contributed by atoms with Crippen molar-refractivity contribution in [2.75, 3.05) is 36.6 Å². The molecule has 0 radical (unpaired) electrons. The Bertz CT molecular complexity index is 1250. The van der Waals surface area contributed by atoms with Crippen LogP contribution in [0, 0.1) is 11.7 Å². The number of fused-ring (bicyclic) bond motifs is 1. The molecule has 35 heavy (non-hydrogen) atoms. The summed E-state index contributed by atoms with van der Waals surface area (Å²) < 4.78 is 19.5. The summed E-state index contributed by atoms with van der Waals surface area (Å²) in [5.74, 6) is 0.322. The highest BCUT2D eigenvalue weighted by atomic mass is 31.2. The van der Waals surface area contributed by atoms with Gasteiger partial charge in [-0.15, -0.1) is 0 Å². The first kappa shape index (κ1) is 25.0. The SMILES string of the molecule is COc1cc2cnn(CC(=O)Nc3ccc(F)cc3)c(=O)c2c(N2CCC(CCP(O)O)CC2)n1. The number of ether oxygens (including phenoxy) is 1. The fourth-order valence-electron chi connectivity index (χ4n) is 4.21. The van der Waals surface area contributed by atoms with Crippen LogP contribution < -0.4 is 20.5 Å². The first-order valence-corrected chi connectivity index (χ1v) is 12.7. The number of nitrogens with one attached hydrogen (secondary N) is 1. The molecular weight excluding hydrogens is 476 g/mol. The number of carbonyl (C=O) groups excluding carboxylic acids is 1. The fourth-order valence-corrected chi connectivity index (χ4v) is 4.80. The Morgan fingerprint density at radius 2 is 1.97 bits per heavy atom. The minimum Gasteiger partial charge on any atom is -0.481 e. The van der Waals surface area contributed by atoms with Gasteiger partial charge in [-0.25, -0.2) is 9.07 Å². The van der Waals surface area contributed by atoms with Crippen LogP contribution >= 0.6 is 8.38 Å². The number of carbonyl (C=O) groups is 1. The quantitative estimate of drug-likeness (QED) is 0.400. The van der Waals surface area contributed by atoms with Crippen LogP contribution in [-0.2, 0) is 11.3 Å². The number of anilines is 2. The van der Waals surface area contributed by atoms with Gasteiger partial charge in [0, 0.05) is 36.4 Å². The van der Waals surface area contributed by atoms with Crippen LogP contribution in [0.4, 0.5) is 15.9 Å². The third-order valence-corrected chi connectivity index (χ3v) is 6.73. The summed E-state index contributed by atoms with van der Waals surface area (Å²) in [4.78, 5) is 50.9. The van der Waals surface area contributed by atoms with Crippen LogP contribution in [0.2, 0.25) is 0 Å². The van der Waals surface area contributed by atoms with Crippen molar-refractivity contribution in [3.63, 3.8) is 0 Å². The van der Waals surface area contributed by atoms with Crippen molar-refractivity contribution in [1.29, 1.82) is 0 Å². The number of pyridine rings is 1. The molecule has 1 amide bonds. The smallest absolute Gasteiger partial charge is 0.278 e. The summed E-state index contributed by atoms with van der Waals surface area (Å²) >= 11 is 0. The summed E-state index contributed by atoms with van der Waals surface area (Å²) in [5, 5.41) is 7.69. The zero-order chi connectivity index (χ0) is 24.9. The minimum absolute atomic E-state index is 0.314. The van der Waals surface area contributed by atoms with Gasteiger partial charge in [-0.1, -0.05) is 0 Å². The van der Waals surface area contributed by atoms with E-state index in [0.29, 0.717) is 53.3 Å². The summed E-state index contributed by atoms with van der Waals surface area (Å²) in [7, 11) is -0.386. The molecular formula is C23H27FN5O5P. The number of halogens is 1. The lowest BCUT2D eigenvalue weighted by molar-refractivity contribution is -0.117. The summed E-state index contributed by atoms with van der Waals surface area (Å²) in [6.45, 7) is 0.994. The van der Waals surface area contributed by atoms with Crippen molar-refractivity contribution in [2.24, 2.45) is 5.92 Å². The number of benzene rings is 1. The predicted molar refractivity (Wildman–Crippen MR) is 131 cm³/mol. The second-order valence-corrected chi connectivity index (χ2v) is 9.62. The van der Waals surface area contributed by atoms with E-state index in [4.69, 9.17) is 4.74 Å². The van der Waals surface area contributed by atoms with E-state index < -0.39 is 25.7 Å². The molecule has 0 saturated carbocycles. The molecule has 10 nitrogen and oxygen atoms in total. The topological polar surface area (TPSA) is 130 Å². The average Bonchev–Trinajstić information content (AvgIpc) is 2.85. The van der Waals surface area contributed by atoms with E-state index in [-0.39, 0.29) is 6.54 Å². The van der Waals surface area contributed by atoms with E-state index in [1.165, 1.54) is 37.6 Å². The molecule has 0 unspecified atom stereocenters. The van der Waals surface area contributed by atoms with Crippen LogP contribution in [0.3, 0.4) is 0 Å². The molecule has 3 aromatic rings. The molecule has 1 aromatic carbocycles. The first-order chi connectivity index (χ1) is 16.8. The normalized spacial score (nSPS) is 14.5.